The summed E-state index contributed by atoms with van der Waals surface area (Å²) in [6.07, 6.45) is 1.63. The van der Waals surface area contributed by atoms with Crippen molar-refractivity contribution in [2.75, 3.05) is 33.5 Å². The van der Waals surface area contributed by atoms with E-state index in [4.69, 9.17) is 14.2 Å². The van der Waals surface area contributed by atoms with Crippen LogP contribution in [0.2, 0.25) is 0 Å². The van der Waals surface area contributed by atoms with E-state index in [2.05, 4.69) is 4.74 Å². The summed E-state index contributed by atoms with van der Waals surface area (Å²) in [5.41, 5.74) is 0.654. The van der Waals surface area contributed by atoms with Crippen LogP contribution in [0.4, 0.5) is 4.79 Å². The van der Waals surface area contributed by atoms with Crippen molar-refractivity contribution in [1.29, 1.82) is 0 Å². The lowest BCUT2D eigenvalue weighted by Crippen LogP contribution is -2.32. The van der Waals surface area contributed by atoms with E-state index < -0.39 is 5.97 Å². The molecule has 0 radical (unpaired) electrons. The predicted molar refractivity (Wildman–Crippen MR) is 137 cm³/mol. The maximum absolute atomic E-state index is 12.9. The Bertz CT molecular complexity index is 1320. The summed E-state index contributed by atoms with van der Waals surface area (Å²) in [4.78, 5) is 38.3. The van der Waals surface area contributed by atoms with Crippen LogP contribution >= 0.6 is 11.8 Å². The van der Waals surface area contributed by atoms with Gasteiger partial charge in [-0.1, -0.05) is 42.5 Å². The molecule has 0 N–H and O–H groups in total. The van der Waals surface area contributed by atoms with Crippen LogP contribution in [-0.4, -0.2) is 55.5 Å². The minimum absolute atomic E-state index is 0.135. The summed E-state index contributed by atoms with van der Waals surface area (Å²) < 4.78 is 21.6. The molecule has 3 aromatic carbocycles. The molecular formula is C27H25NO7S. The molecule has 1 heterocycles. The van der Waals surface area contributed by atoms with Crippen molar-refractivity contribution in [3.63, 3.8) is 0 Å². The van der Waals surface area contributed by atoms with Gasteiger partial charge in [0.05, 0.1) is 25.2 Å². The van der Waals surface area contributed by atoms with Crippen molar-refractivity contribution in [3.05, 3.63) is 71.1 Å². The molecule has 0 aliphatic carbocycles. The Labute approximate surface area is 212 Å². The lowest BCUT2D eigenvalue weighted by Gasteiger charge is -2.14. The third kappa shape index (κ3) is 5.80. The normalized spacial score (nSPS) is 14.4. The molecule has 0 atom stereocenters. The first-order chi connectivity index (χ1) is 17.5. The van der Waals surface area contributed by atoms with Crippen molar-refractivity contribution in [1.82, 2.24) is 4.90 Å². The van der Waals surface area contributed by atoms with Crippen LogP contribution in [0.15, 0.2) is 65.6 Å². The van der Waals surface area contributed by atoms with Gasteiger partial charge in [0.2, 0.25) is 0 Å². The molecule has 4 rings (SSSR count). The van der Waals surface area contributed by atoms with Gasteiger partial charge in [0.15, 0.2) is 18.1 Å². The Balaban J connectivity index is 1.43. The summed E-state index contributed by atoms with van der Waals surface area (Å²) >= 11 is 0.876. The molecule has 2 amide bonds. The van der Waals surface area contributed by atoms with Gasteiger partial charge >= 0.3 is 5.97 Å². The molecule has 9 heteroatoms. The Morgan fingerprint density at radius 3 is 2.56 bits per heavy atom. The highest BCUT2D eigenvalue weighted by Crippen LogP contribution is 2.35. The zero-order valence-electron chi connectivity index (χ0n) is 19.9. The molecule has 0 aromatic heterocycles. The second-order valence-electron chi connectivity index (χ2n) is 7.66. The number of benzene rings is 3. The maximum Gasteiger partial charge on any atom is 0.343 e. The Morgan fingerprint density at radius 2 is 1.75 bits per heavy atom. The largest absolute Gasteiger partial charge is 0.491 e. The van der Waals surface area contributed by atoms with Gasteiger partial charge in [-0.05, 0) is 53.9 Å². The molecule has 1 aliphatic heterocycles. The molecule has 0 spiro atoms. The number of fused-ring (bicyclic) bond motifs is 1. The van der Waals surface area contributed by atoms with E-state index in [0.29, 0.717) is 34.3 Å². The molecule has 1 aliphatic rings. The summed E-state index contributed by atoms with van der Waals surface area (Å²) in [6.45, 7) is 2.26. The first-order valence-corrected chi connectivity index (χ1v) is 12.1. The van der Waals surface area contributed by atoms with Gasteiger partial charge in [0.1, 0.15) is 12.4 Å². The highest BCUT2D eigenvalue weighted by molar-refractivity contribution is 8.18. The summed E-state index contributed by atoms with van der Waals surface area (Å²) in [5, 5.41) is 1.67. The summed E-state index contributed by atoms with van der Waals surface area (Å²) in [7, 11) is 1.28. The van der Waals surface area contributed by atoms with Crippen LogP contribution in [0.25, 0.3) is 16.8 Å². The number of carbonyl (C=O) groups is 3. The van der Waals surface area contributed by atoms with Crippen LogP contribution in [0.1, 0.15) is 12.5 Å². The number of rotatable bonds is 10. The van der Waals surface area contributed by atoms with Gasteiger partial charge in [-0.2, -0.15) is 0 Å². The molecule has 1 saturated heterocycles. The monoisotopic (exact) mass is 507 g/mol. The molecule has 36 heavy (non-hydrogen) atoms. The van der Waals surface area contributed by atoms with E-state index in [1.807, 2.05) is 49.4 Å². The van der Waals surface area contributed by atoms with E-state index >= 15 is 0 Å². The summed E-state index contributed by atoms with van der Waals surface area (Å²) in [6, 6.07) is 18.7. The van der Waals surface area contributed by atoms with E-state index in [0.717, 1.165) is 22.5 Å². The molecule has 186 valence electrons. The van der Waals surface area contributed by atoms with Crippen molar-refractivity contribution >= 4 is 45.7 Å². The van der Waals surface area contributed by atoms with Crippen LogP contribution in [0.5, 0.6) is 17.2 Å². The lowest BCUT2D eigenvalue weighted by molar-refractivity contribution is -0.142. The van der Waals surface area contributed by atoms with Gasteiger partial charge in [-0.25, -0.2) is 4.79 Å². The topological polar surface area (TPSA) is 91.4 Å². The number of ether oxygens (including phenoxy) is 4. The van der Waals surface area contributed by atoms with Gasteiger partial charge in [-0.3, -0.25) is 14.5 Å². The minimum Gasteiger partial charge on any atom is -0.491 e. The van der Waals surface area contributed by atoms with Gasteiger partial charge < -0.3 is 18.9 Å². The highest BCUT2D eigenvalue weighted by Gasteiger charge is 2.34. The highest BCUT2D eigenvalue weighted by atomic mass is 32.2. The molecular weight excluding hydrogens is 482 g/mol. The third-order valence-corrected chi connectivity index (χ3v) is 6.24. The number of thioether (sulfide) groups is 1. The van der Waals surface area contributed by atoms with Crippen LogP contribution in [-0.2, 0) is 14.3 Å². The number of carbonyl (C=O) groups excluding carboxylic acids is 3. The van der Waals surface area contributed by atoms with Crippen molar-refractivity contribution in [3.8, 4) is 17.2 Å². The Morgan fingerprint density at radius 1 is 0.944 bits per heavy atom. The number of nitrogens with zero attached hydrogens (tertiary/aromatic N) is 1. The van der Waals surface area contributed by atoms with Crippen molar-refractivity contribution in [2.24, 2.45) is 0 Å². The summed E-state index contributed by atoms with van der Waals surface area (Å²) in [5.74, 6) is 0.597. The number of imide groups is 1. The fraction of sp³-hybridized carbons (Fsp3) is 0.222. The van der Waals surface area contributed by atoms with Crippen molar-refractivity contribution < 1.29 is 33.3 Å². The van der Waals surface area contributed by atoms with Crippen molar-refractivity contribution in [2.45, 2.75) is 6.92 Å². The number of esters is 1. The number of amides is 2. The van der Waals surface area contributed by atoms with Gasteiger partial charge in [0.25, 0.3) is 11.1 Å². The lowest BCUT2D eigenvalue weighted by atomic mass is 10.1. The molecule has 0 unspecified atom stereocenters. The SMILES string of the molecule is CCOc1cc(/C=C2\SC(=O)N(CCOc3cccc4ccccc34)C2=O)ccc1OCC(=O)OC. The third-order valence-electron chi connectivity index (χ3n) is 5.33. The standard InChI is InChI=1S/C27H25NO7S/c1-3-33-23-15-18(11-12-22(23)35-17-25(29)32-2)16-24-26(30)28(27(31)36-24)13-14-34-21-10-6-8-19-7-4-5-9-20(19)21/h4-12,15-16H,3,13-14,17H2,1-2H3/b24-16-. The fourth-order valence-corrected chi connectivity index (χ4v) is 4.48. The zero-order chi connectivity index (χ0) is 25.5. The number of methoxy groups -OCH3 is 1. The van der Waals surface area contributed by atoms with E-state index in [1.165, 1.54) is 12.0 Å². The average molecular weight is 508 g/mol. The van der Waals surface area contributed by atoms with E-state index in [1.54, 1.807) is 24.3 Å². The first kappa shape index (κ1) is 25.1. The molecule has 0 saturated carbocycles. The zero-order valence-corrected chi connectivity index (χ0v) is 20.7. The molecule has 0 bridgehead atoms. The minimum atomic E-state index is -0.514. The van der Waals surface area contributed by atoms with Gasteiger partial charge in [0, 0.05) is 5.39 Å². The maximum atomic E-state index is 12.9. The van der Waals surface area contributed by atoms with Crippen LogP contribution < -0.4 is 14.2 Å². The second-order valence-corrected chi connectivity index (χ2v) is 8.66. The molecule has 3 aromatic rings. The average Bonchev–Trinajstić information content (AvgIpc) is 3.15. The number of hydrogen-bond acceptors (Lipinski definition) is 8. The first-order valence-electron chi connectivity index (χ1n) is 11.3. The quantitative estimate of drug-likeness (QED) is 0.283. The number of hydrogen-bond donors (Lipinski definition) is 0. The van der Waals surface area contributed by atoms with E-state index in [-0.39, 0.29) is 30.9 Å². The Hall–Kier alpha value is -3.98. The smallest absolute Gasteiger partial charge is 0.343 e. The fourth-order valence-electron chi connectivity index (χ4n) is 3.61. The molecule has 8 nitrogen and oxygen atoms in total. The van der Waals surface area contributed by atoms with Gasteiger partial charge in [-0.15, -0.1) is 0 Å². The van der Waals surface area contributed by atoms with Crippen LogP contribution in [0.3, 0.4) is 0 Å². The Kier molecular flexibility index (Phi) is 8.12. The second kappa shape index (κ2) is 11.6. The molecule has 1 fully saturated rings. The van der Waals surface area contributed by atoms with Crippen LogP contribution in [0, 0.1) is 0 Å². The predicted octanol–water partition coefficient (Wildman–Crippen LogP) is 4.91. The van der Waals surface area contributed by atoms with E-state index in [9.17, 15) is 14.4 Å².